The fraction of sp³-hybridized carbons (Fsp3) is 0.571. The summed E-state index contributed by atoms with van der Waals surface area (Å²) in [5, 5.41) is 0. The number of halogens is 3. The lowest BCUT2D eigenvalue weighted by Gasteiger charge is -2.26. The molecule has 0 bridgehead atoms. The van der Waals surface area contributed by atoms with Crippen molar-refractivity contribution in [2.24, 2.45) is 5.92 Å². The average Bonchev–Trinajstić information content (AvgIpc) is 2.37. The van der Waals surface area contributed by atoms with Gasteiger partial charge >= 0.3 is 0 Å². The molecule has 3 nitrogen and oxygen atoms in total. The summed E-state index contributed by atoms with van der Waals surface area (Å²) in [6.45, 7) is 5.70. The van der Waals surface area contributed by atoms with Crippen LogP contribution in [0.15, 0.2) is 17.0 Å². The molecule has 0 saturated heterocycles. The Morgan fingerprint density at radius 2 is 1.81 bits per heavy atom. The van der Waals surface area contributed by atoms with Gasteiger partial charge in [0.1, 0.15) is 10.7 Å². The van der Waals surface area contributed by atoms with Gasteiger partial charge in [-0.1, -0.05) is 13.8 Å². The van der Waals surface area contributed by atoms with E-state index in [2.05, 4.69) is 0 Å². The first-order valence-electron chi connectivity index (χ1n) is 6.63. The molecule has 21 heavy (non-hydrogen) atoms. The van der Waals surface area contributed by atoms with Gasteiger partial charge in [-0.3, -0.25) is 0 Å². The molecule has 1 atom stereocenters. The van der Waals surface area contributed by atoms with Crippen molar-refractivity contribution in [3.63, 3.8) is 0 Å². The van der Waals surface area contributed by atoms with Gasteiger partial charge in [0.2, 0.25) is 10.0 Å². The summed E-state index contributed by atoms with van der Waals surface area (Å²) in [6.07, 6.45) is 0.640. The second-order valence-electron chi connectivity index (χ2n) is 5.47. The molecule has 1 aromatic rings. The van der Waals surface area contributed by atoms with Gasteiger partial charge in [-0.25, -0.2) is 17.2 Å². The van der Waals surface area contributed by atoms with E-state index in [1.807, 2.05) is 13.8 Å². The molecule has 1 rings (SSSR count). The molecule has 120 valence electrons. The molecule has 0 aliphatic carbocycles. The molecule has 0 aliphatic rings. The van der Waals surface area contributed by atoms with Gasteiger partial charge in [0.15, 0.2) is 5.82 Å². The van der Waals surface area contributed by atoms with Crippen molar-refractivity contribution in [2.75, 3.05) is 7.05 Å². The lowest BCUT2D eigenvalue weighted by molar-refractivity contribution is 0.336. The molecular formula is C14H20ClF2NO2S. The standard InChI is InChI=1S/C14H20ClF2NO2S/c1-9(2)7-10(3)18(4)21(19,20)13-6-5-12(16)11(8-15)14(13)17/h5-6,9-10H,7-8H2,1-4H3. The van der Waals surface area contributed by atoms with Gasteiger partial charge in [0.25, 0.3) is 0 Å². The largest absolute Gasteiger partial charge is 0.245 e. The zero-order chi connectivity index (χ0) is 16.4. The maximum absolute atomic E-state index is 14.2. The van der Waals surface area contributed by atoms with Gasteiger partial charge in [0, 0.05) is 18.7 Å². The highest BCUT2D eigenvalue weighted by molar-refractivity contribution is 7.89. The van der Waals surface area contributed by atoms with Crippen LogP contribution in [0.4, 0.5) is 8.78 Å². The first-order valence-corrected chi connectivity index (χ1v) is 8.61. The van der Waals surface area contributed by atoms with Crippen molar-refractivity contribution in [3.05, 3.63) is 29.3 Å². The van der Waals surface area contributed by atoms with Crippen molar-refractivity contribution in [3.8, 4) is 0 Å². The van der Waals surface area contributed by atoms with Crippen LogP contribution in [-0.4, -0.2) is 25.8 Å². The summed E-state index contributed by atoms with van der Waals surface area (Å²) in [5.41, 5.74) is -0.428. The number of nitrogens with zero attached hydrogens (tertiary/aromatic N) is 1. The maximum atomic E-state index is 14.2. The molecule has 0 aromatic heterocycles. The zero-order valence-electron chi connectivity index (χ0n) is 12.5. The van der Waals surface area contributed by atoms with Gasteiger partial charge in [-0.15, -0.1) is 11.6 Å². The van der Waals surface area contributed by atoms with Crippen LogP contribution in [0.2, 0.25) is 0 Å². The van der Waals surface area contributed by atoms with E-state index >= 15 is 0 Å². The molecule has 0 spiro atoms. The molecule has 1 unspecified atom stereocenters. The molecular weight excluding hydrogens is 320 g/mol. The van der Waals surface area contributed by atoms with E-state index in [4.69, 9.17) is 11.6 Å². The maximum Gasteiger partial charge on any atom is 0.245 e. The van der Waals surface area contributed by atoms with Gasteiger partial charge in [-0.05, 0) is 31.4 Å². The van der Waals surface area contributed by atoms with Crippen LogP contribution < -0.4 is 0 Å². The third kappa shape index (κ3) is 3.93. The lowest BCUT2D eigenvalue weighted by atomic mass is 10.1. The topological polar surface area (TPSA) is 37.4 Å². The van der Waals surface area contributed by atoms with Crippen molar-refractivity contribution in [1.82, 2.24) is 4.31 Å². The summed E-state index contributed by atoms with van der Waals surface area (Å²) < 4.78 is 53.7. The van der Waals surface area contributed by atoms with Gasteiger partial charge in [0.05, 0.1) is 5.88 Å². The SMILES string of the molecule is CC(C)CC(C)N(C)S(=O)(=O)c1ccc(F)c(CCl)c1F. The second-order valence-corrected chi connectivity index (χ2v) is 7.70. The Morgan fingerprint density at radius 3 is 2.29 bits per heavy atom. The van der Waals surface area contributed by atoms with Crippen LogP contribution in [0.5, 0.6) is 0 Å². The van der Waals surface area contributed by atoms with Crippen molar-refractivity contribution >= 4 is 21.6 Å². The van der Waals surface area contributed by atoms with E-state index in [0.717, 1.165) is 16.4 Å². The Bertz CT molecular complexity index is 605. The Hall–Kier alpha value is -0.720. The van der Waals surface area contributed by atoms with Crippen molar-refractivity contribution < 1.29 is 17.2 Å². The Labute approximate surface area is 130 Å². The van der Waals surface area contributed by atoms with Crippen LogP contribution in [0.1, 0.15) is 32.8 Å². The van der Waals surface area contributed by atoms with Crippen molar-refractivity contribution in [1.29, 1.82) is 0 Å². The molecule has 0 amide bonds. The van der Waals surface area contributed by atoms with E-state index in [9.17, 15) is 17.2 Å². The molecule has 0 heterocycles. The van der Waals surface area contributed by atoms with E-state index in [1.165, 1.54) is 7.05 Å². The third-order valence-electron chi connectivity index (χ3n) is 3.37. The average molecular weight is 340 g/mol. The monoisotopic (exact) mass is 339 g/mol. The molecule has 7 heteroatoms. The molecule has 0 N–H and O–H groups in total. The lowest BCUT2D eigenvalue weighted by Crippen LogP contribution is -2.36. The highest BCUT2D eigenvalue weighted by Gasteiger charge is 2.30. The Balaban J connectivity index is 3.25. The normalized spacial score (nSPS) is 14.0. The summed E-state index contributed by atoms with van der Waals surface area (Å²) in [4.78, 5) is -0.544. The summed E-state index contributed by atoms with van der Waals surface area (Å²) in [6, 6.07) is 1.57. The zero-order valence-corrected chi connectivity index (χ0v) is 14.1. The van der Waals surface area contributed by atoms with Crippen LogP contribution in [0, 0.1) is 17.6 Å². The number of rotatable bonds is 6. The van der Waals surface area contributed by atoms with E-state index in [-0.39, 0.29) is 6.04 Å². The minimum absolute atomic E-state index is 0.293. The van der Waals surface area contributed by atoms with Crippen LogP contribution in [-0.2, 0) is 15.9 Å². The fourth-order valence-electron chi connectivity index (χ4n) is 2.12. The summed E-state index contributed by atoms with van der Waals surface area (Å²) >= 11 is 5.48. The third-order valence-corrected chi connectivity index (χ3v) is 5.63. The highest BCUT2D eigenvalue weighted by Crippen LogP contribution is 2.26. The Kier molecular flexibility index (Phi) is 6.13. The number of hydrogen-bond donors (Lipinski definition) is 0. The molecule has 0 saturated carbocycles. The molecule has 0 aliphatic heterocycles. The Morgan fingerprint density at radius 1 is 1.24 bits per heavy atom. The number of benzene rings is 1. The predicted octanol–water partition coefficient (Wildman–Crippen LogP) is 3.76. The quantitative estimate of drug-likeness (QED) is 0.740. The van der Waals surface area contributed by atoms with Crippen molar-refractivity contribution in [2.45, 2.75) is 44.0 Å². The number of alkyl halides is 1. The second kappa shape index (κ2) is 7.03. The minimum Gasteiger partial charge on any atom is -0.207 e. The smallest absolute Gasteiger partial charge is 0.207 e. The molecule has 1 aromatic carbocycles. The number of hydrogen-bond acceptors (Lipinski definition) is 2. The van der Waals surface area contributed by atoms with Gasteiger partial charge < -0.3 is 0 Å². The van der Waals surface area contributed by atoms with E-state index < -0.39 is 38.0 Å². The van der Waals surface area contributed by atoms with Crippen LogP contribution in [0.25, 0.3) is 0 Å². The number of sulfonamides is 1. The summed E-state index contributed by atoms with van der Waals surface area (Å²) in [7, 11) is -2.64. The van der Waals surface area contributed by atoms with E-state index in [1.54, 1.807) is 6.92 Å². The predicted molar refractivity (Wildman–Crippen MR) is 79.8 cm³/mol. The minimum atomic E-state index is -4.03. The van der Waals surface area contributed by atoms with Gasteiger partial charge in [-0.2, -0.15) is 4.31 Å². The molecule has 0 fully saturated rings. The first kappa shape index (κ1) is 18.3. The fourth-order valence-corrected chi connectivity index (χ4v) is 3.83. The molecule has 0 radical (unpaired) electrons. The first-order chi connectivity index (χ1) is 9.62. The van der Waals surface area contributed by atoms with E-state index in [0.29, 0.717) is 12.3 Å². The van der Waals surface area contributed by atoms with Crippen LogP contribution in [0.3, 0.4) is 0 Å². The highest BCUT2D eigenvalue weighted by atomic mass is 35.5. The summed E-state index contributed by atoms with van der Waals surface area (Å²) in [5.74, 6) is -2.09. The van der Waals surface area contributed by atoms with Crippen LogP contribution >= 0.6 is 11.6 Å².